The van der Waals surface area contributed by atoms with Crippen molar-refractivity contribution in [3.8, 4) is 0 Å². The lowest BCUT2D eigenvalue weighted by molar-refractivity contribution is 0.807. The van der Waals surface area contributed by atoms with Crippen LogP contribution in [0.2, 0.25) is 0 Å². The van der Waals surface area contributed by atoms with Crippen molar-refractivity contribution in [3.63, 3.8) is 0 Å². The van der Waals surface area contributed by atoms with Gasteiger partial charge in [0.15, 0.2) is 0 Å². The fourth-order valence-electron chi connectivity index (χ4n) is 2.49. The summed E-state index contributed by atoms with van der Waals surface area (Å²) in [7, 11) is 0. The molecular weight excluding hydrogens is 268 g/mol. The molecule has 0 atom stereocenters. The topological polar surface area (TPSA) is 16.1 Å². The first kappa shape index (κ1) is 13.2. The van der Waals surface area contributed by atoms with Crippen LogP contribution in [0.25, 0.3) is 21.8 Å². The molecule has 0 aliphatic rings. The molecule has 1 aromatic heterocycles. The van der Waals surface area contributed by atoms with Gasteiger partial charge in [0.1, 0.15) is 0 Å². The third kappa shape index (κ3) is 2.32. The fraction of sp³-hybridized carbons (Fsp3) is 0.235. The Kier molecular flexibility index (Phi) is 3.75. The van der Waals surface area contributed by atoms with E-state index in [4.69, 9.17) is 16.8 Å². The molecule has 3 heteroatoms. The maximum absolute atomic E-state index is 6.55. The van der Waals surface area contributed by atoms with Crippen LogP contribution in [0.4, 0.5) is 5.69 Å². The molecule has 2 nitrogen and oxygen atoms in total. The van der Waals surface area contributed by atoms with Gasteiger partial charge in [0, 0.05) is 29.1 Å². The molecule has 0 saturated heterocycles. The minimum Gasteiger partial charge on any atom is -0.284 e. The van der Waals surface area contributed by atoms with E-state index in [0.717, 1.165) is 46.9 Å². The number of pyridine rings is 1. The molecule has 0 fully saturated rings. The van der Waals surface area contributed by atoms with Gasteiger partial charge in [0.05, 0.1) is 16.7 Å². The monoisotopic (exact) mass is 284 g/mol. The Morgan fingerprint density at radius 1 is 0.950 bits per heavy atom. The number of hydrogen-bond acceptors (Lipinski definition) is 2. The van der Waals surface area contributed by atoms with Crippen LogP contribution in [0.15, 0.2) is 48.5 Å². The number of rotatable bonds is 4. The van der Waals surface area contributed by atoms with E-state index in [9.17, 15) is 0 Å². The number of halogens is 1. The number of nitrogens with zero attached hydrogens (tertiary/aromatic N) is 2. The Bertz CT molecular complexity index is 685. The van der Waals surface area contributed by atoms with Gasteiger partial charge in [-0.1, -0.05) is 49.7 Å². The zero-order chi connectivity index (χ0) is 13.9. The molecule has 3 aromatic rings. The lowest BCUT2D eigenvalue weighted by Gasteiger charge is -2.19. The van der Waals surface area contributed by atoms with Crippen LogP contribution in [-0.2, 0) is 0 Å². The van der Waals surface area contributed by atoms with Gasteiger partial charge in [-0.05, 0) is 18.6 Å². The first-order valence-corrected chi connectivity index (χ1v) is 7.36. The van der Waals surface area contributed by atoms with Crippen molar-refractivity contribution >= 4 is 39.3 Å². The van der Waals surface area contributed by atoms with E-state index >= 15 is 0 Å². The van der Waals surface area contributed by atoms with E-state index < -0.39 is 0 Å². The van der Waals surface area contributed by atoms with Gasteiger partial charge < -0.3 is 0 Å². The molecule has 0 unspecified atom stereocenters. The highest BCUT2D eigenvalue weighted by atomic mass is 35.5. The average molecular weight is 285 g/mol. The van der Waals surface area contributed by atoms with Gasteiger partial charge in [0.25, 0.3) is 0 Å². The van der Waals surface area contributed by atoms with E-state index in [1.54, 1.807) is 0 Å². The summed E-state index contributed by atoms with van der Waals surface area (Å²) in [5.41, 5.74) is 3.05. The molecule has 20 heavy (non-hydrogen) atoms. The molecule has 0 aliphatic carbocycles. The predicted octanol–water partition coefficient (Wildman–Crippen LogP) is 5.15. The van der Waals surface area contributed by atoms with Crippen LogP contribution < -0.4 is 4.42 Å². The standard InChI is InChI=1S/C17H17ClN2/c1-2-3-12-20(18)17-13-8-4-6-10-15(13)19-16-11-7-5-9-14(16)17/h4-11H,2-3,12H2,1H3. The van der Waals surface area contributed by atoms with Crippen molar-refractivity contribution < 1.29 is 0 Å². The molecule has 0 aliphatic heterocycles. The van der Waals surface area contributed by atoms with Crippen molar-refractivity contribution in [2.24, 2.45) is 0 Å². The van der Waals surface area contributed by atoms with Crippen LogP contribution in [0.5, 0.6) is 0 Å². The molecule has 1 heterocycles. The normalized spacial score (nSPS) is 11.1. The maximum atomic E-state index is 6.55. The zero-order valence-corrected chi connectivity index (χ0v) is 12.3. The second-order valence-electron chi connectivity index (χ2n) is 4.93. The highest BCUT2D eigenvalue weighted by Crippen LogP contribution is 2.34. The predicted molar refractivity (Wildman–Crippen MR) is 87.4 cm³/mol. The number of para-hydroxylation sites is 2. The first-order chi connectivity index (χ1) is 9.81. The quantitative estimate of drug-likeness (QED) is 0.487. The number of benzene rings is 2. The van der Waals surface area contributed by atoms with E-state index in [1.807, 2.05) is 40.8 Å². The van der Waals surface area contributed by atoms with Crippen LogP contribution in [0.1, 0.15) is 19.8 Å². The van der Waals surface area contributed by atoms with Crippen molar-refractivity contribution in [1.29, 1.82) is 0 Å². The summed E-state index contributed by atoms with van der Waals surface area (Å²) in [6, 6.07) is 16.3. The lowest BCUT2D eigenvalue weighted by atomic mass is 10.1. The number of unbranched alkanes of at least 4 members (excludes halogenated alkanes) is 1. The lowest BCUT2D eigenvalue weighted by Crippen LogP contribution is -2.12. The smallest absolute Gasteiger partial charge is 0.0731 e. The van der Waals surface area contributed by atoms with E-state index in [1.165, 1.54) is 0 Å². The third-order valence-electron chi connectivity index (χ3n) is 3.51. The molecule has 0 spiro atoms. The Hall–Kier alpha value is -1.80. The van der Waals surface area contributed by atoms with Crippen LogP contribution in [-0.4, -0.2) is 11.5 Å². The van der Waals surface area contributed by atoms with E-state index in [2.05, 4.69) is 19.1 Å². The molecule has 0 radical (unpaired) electrons. The summed E-state index contributed by atoms with van der Waals surface area (Å²) >= 11 is 6.55. The summed E-state index contributed by atoms with van der Waals surface area (Å²) in [6.07, 6.45) is 2.21. The van der Waals surface area contributed by atoms with Gasteiger partial charge in [0.2, 0.25) is 0 Å². The van der Waals surface area contributed by atoms with Crippen LogP contribution in [0, 0.1) is 0 Å². The fourth-order valence-corrected chi connectivity index (χ4v) is 2.79. The number of fused-ring (bicyclic) bond motifs is 2. The minimum atomic E-state index is 0.843. The van der Waals surface area contributed by atoms with Crippen LogP contribution in [0.3, 0.4) is 0 Å². The van der Waals surface area contributed by atoms with E-state index in [-0.39, 0.29) is 0 Å². The number of hydrogen-bond donors (Lipinski definition) is 0. The largest absolute Gasteiger partial charge is 0.284 e. The maximum Gasteiger partial charge on any atom is 0.0731 e. The van der Waals surface area contributed by atoms with E-state index in [0.29, 0.717) is 0 Å². The molecular formula is C17H17ClN2. The summed E-state index contributed by atoms with van der Waals surface area (Å²) < 4.78 is 1.84. The Balaban J connectivity index is 2.27. The molecule has 0 N–H and O–H groups in total. The van der Waals surface area contributed by atoms with Gasteiger partial charge in [-0.3, -0.25) is 4.42 Å². The Morgan fingerprint density at radius 3 is 2.05 bits per heavy atom. The van der Waals surface area contributed by atoms with Gasteiger partial charge in [-0.25, -0.2) is 4.98 Å². The van der Waals surface area contributed by atoms with Crippen molar-refractivity contribution in [1.82, 2.24) is 4.98 Å². The average Bonchev–Trinajstić information content (AvgIpc) is 2.50. The first-order valence-electron chi connectivity index (χ1n) is 7.02. The molecule has 0 amide bonds. The highest BCUT2D eigenvalue weighted by molar-refractivity contribution is 6.30. The second kappa shape index (κ2) is 5.68. The third-order valence-corrected chi connectivity index (χ3v) is 3.85. The highest BCUT2D eigenvalue weighted by Gasteiger charge is 2.13. The molecule has 3 rings (SSSR count). The van der Waals surface area contributed by atoms with Gasteiger partial charge in [-0.2, -0.15) is 0 Å². The number of anilines is 1. The summed E-state index contributed by atoms with van der Waals surface area (Å²) in [5, 5.41) is 2.22. The molecule has 0 bridgehead atoms. The summed E-state index contributed by atoms with van der Waals surface area (Å²) in [5.74, 6) is 0. The summed E-state index contributed by atoms with van der Waals surface area (Å²) in [4.78, 5) is 4.72. The Morgan fingerprint density at radius 2 is 1.50 bits per heavy atom. The number of aromatic nitrogens is 1. The van der Waals surface area contributed by atoms with Crippen molar-refractivity contribution in [3.05, 3.63) is 48.5 Å². The minimum absolute atomic E-state index is 0.843. The van der Waals surface area contributed by atoms with Gasteiger partial charge >= 0.3 is 0 Å². The van der Waals surface area contributed by atoms with Crippen LogP contribution >= 0.6 is 11.8 Å². The zero-order valence-electron chi connectivity index (χ0n) is 11.5. The molecule has 2 aromatic carbocycles. The second-order valence-corrected chi connectivity index (χ2v) is 5.34. The van der Waals surface area contributed by atoms with Crippen molar-refractivity contribution in [2.45, 2.75) is 19.8 Å². The molecule has 0 saturated carbocycles. The summed E-state index contributed by atoms with van der Waals surface area (Å²) in [6.45, 7) is 3.02. The van der Waals surface area contributed by atoms with Crippen molar-refractivity contribution in [2.75, 3.05) is 11.0 Å². The molecule has 102 valence electrons. The SMILES string of the molecule is CCCCN(Cl)c1c2ccccc2nc2ccccc12. The van der Waals surface area contributed by atoms with Gasteiger partial charge in [-0.15, -0.1) is 0 Å². The Labute approximate surface area is 124 Å².